The third-order valence-electron chi connectivity index (χ3n) is 5.68. The van der Waals surface area contributed by atoms with Gasteiger partial charge in [0.05, 0.1) is 5.69 Å². The molecule has 2 saturated heterocycles. The van der Waals surface area contributed by atoms with Crippen molar-refractivity contribution in [2.45, 2.75) is 32.1 Å². The molecule has 24 heavy (non-hydrogen) atoms. The van der Waals surface area contributed by atoms with Gasteiger partial charge in [-0.05, 0) is 62.4 Å². The van der Waals surface area contributed by atoms with Gasteiger partial charge < -0.3 is 15.5 Å². The van der Waals surface area contributed by atoms with Gasteiger partial charge in [0, 0.05) is 24.6 Å². The maximum Gasteiger partial charge on any atom is 0.228 e. The molecular weight excluding hydrogens is 309 g/mol. The van der Waals surface area contributed by atoms with Gasteiger partial charge in [-0.1, -0.05) is 0 Å². The lowest BCUT2D eigenvalue weighted by molar-refractivity contribution is -0.118. The first kappa shape index (κ1) is 15.6. The predicted molar refractivity (Wildman–Crippen MR) is 89.3 cm³/mol. The maximum absolute atomic E-state index is 14.3. The number of nitrogens with one attached hydrogen (secondary N) is 2. The molecule has 3 aliphatic rings. The zero-order valence-corrected chi connectivity index (χ0v) is 13.6. The van der Waals surface area contributed by atoms with Gasteiger partial charge in [-0.3, -0.25) is 9.59 Å². The first-order chi connectivity index (χ1) is 11.6. The van der Waals surface area contributed by atoms with Crippen molar-refractivity contribution in [2.24, 2.45) is 11.3 Å². The molecule has 0 aromatic heterocycles. The monoisotopic (exact) mass is 331 g/mol. The summed E-state index contributed by atoms with van der Waals surface area (Å²) < 4.78 is 14.3. The van der Waals surface area contributed by atoms with Crippen LogP contribution < -0.4 is 15.5 Å². The van der Waals surface area contributed by atoms with Gasteiger partial charge >= 0.3 is 0 Å². The Labute approximate surface area is 140 Å². The Bertz CT molecular complexity index is 685. The van der Waals surface area contributed by atoms with Gasteiger partial charge in [0.25, 0.3) is 0 Å². The molecule has 0 radical (unpaired) electrons. The summed E-state index contributed by atoms with van der Waals surface area (Å²) in [6, 6.07) is 4.58. The van der Waals surface area contributed by atoms with Crippen molar-refractivity contribution in [3.05, 3.63) is 24.0 Å². The fourth-order valence-corrected chi connectivity index (χ4v) is 4.13. The topological polar surface area (TPSA) is 61.4 Å². The summed E-state index contributed by atoms with van der Waals surface area (Å²) in [6.07, 6.45) is 4.24. The number of benzene rings is 1. The molecule has 3 fully saturated rings. The number of piperidine rings is 1. The third-order valence-corrected chi connectivity index (χ3v) is 5.68. The average Bonchev–Trinajstić information content (AvgIpc) is 3.08. The van der Waals surface area contributed by atoms with Crippen LogP contribution in [0.2, 0.25) is 0 Å². The first-order valence-electron chi connectivity index (χ1n) is 8.71. The molecule has 2 amide bonds. The van der Waals surface area contributed by atoms with Crippen LogP contribution in [0.3, 0.4) is 0 Å². The highest BCUT2D eigenvalue weighted by atomic mass is 19.1. The van der Waals surface area contributed by atoms with Crippen molar-refractivity contribution in [3.63, 3.8) is 0 Å². The van der Waals surface area contributed by atoms with Gasteiger partial charge in [-0.25, -0.2) is 4.39 Å². The molecule has 5 nitrogen and oxygen atoms in total. The molecule has 1 spiro atoms. The normalized spacial score (nSPS) is 25.1. The van der Waals surface area contributed by atoms with E-state index in [1.165, 1.54) is 11.0 Å². The Hall–Kier alpha value is -1.95. The number of hydrogen-bond acceptors (Lipinski definition) is 3. The van der Waals surface area contributed by atoms with Crippen LogP contribution in [0.25, 0.3) is 0 Å². The lowest BCUT2D eigenvalue weighted by Crippen LogP contribution is -2.31. The summed E-state index contributed by atoms with van der Waals surface area (Å²) in [5.74, 6) is -0.476. The molecule has 4 rings (SSSR count). The van der Waals surface area contributed by atoms with Crippen LogP contribution in [0.1, 0.15) is 32.1 Å². The smallest absolute Gasteiger partial charge is 0.228 e. The predicted octanol–water partition coefficient (Wildman–Crippen LogP) is 2.28. The minimum absolute atomic E-state index is 0.0127. The second kappa shape index (κ2) is 5.84. The molecule has 1 aliphatic carbocycles. The molecule has 2 N–H and O–H groups in total. The minimum atomic E-state index is -0.463. The van der Waals surface area contributed by atoms with E-state index in [4.69, 9.17) is 0 Å². The Kier molecular flexibility index (Phi) is 3.79. The molecule has 1 aromatic carbocycles. The van der Waals surface area contributed by atoms with Crippen molar-refractivity contribution in [2.75, 3.05) is 29.9 Å². The number of halogens is 1. The fraction of sp³-hybridized carbons (Fsp3) is 0.556. The van der Waals surface area contributed by atoms with Crippen LogP contribution in [0.15, 0.2) is 18.2 Å². The third kappa shape index (κ3) is 2.69. The van der Waals surface area contributed by atoms with Crippen molar-refractivity contribution in [1.82, 2.24) is 5.32 Å². The number of rotatable bonds is 3. The lowest BCUT2D eigenvalue weighted by Gasteiger charge is -2.23. The summed E-state index contributed by atoms with van der Waals surface area (Å²) in [7, 11) is 0. The van der Waals surface area contributed by atoms with Crippen molar-refractivity contribution >= 4 is 23.2 Å². The molecule has 128 valence electrons. The Balaban J connectivity index is 1.43. The van der Waals surface area contributed by atoms with E-state index < -0.39 is 5.82 Å². The molecule has 2 heterocycles. The number of anilines is 2. The van der Waals surface area contributed by atoms with E-state index >= 15 is 0 Å². The summed E-state index contributed by atoms with van der Waals surface area (Å²) in [5, 5.41) is 6.16. The van der Waals surface area contributed by atoms with E-state index in [0.29, 0.717) is 24.3 Å². The average molecular weight is 331 g/mol. The van der Waals surface area contributed by atoms with Crippen LogP contribution in [-0.2, 0) is 9.59 Å². The first-order valence-corrected chi connectivity index (χ1v) is 8.71. The second-order valence-electron chi connectivity index (χ2n) is 7.17. The molecule has 1 unspecified atom stereocenters. The summed E-state index contributed by atoms with van der Waals surface area (Å²) in [5.41, 5.74) is 0.927. The largest absolute Gasteiger partial charge is 0.326 e. The lowest BCUT2D eigenvalue weighted by atomic mass is 9.92. The number of hydrogen-bond donors (Lipinski definition) is 2. The number of carbonyl (C=O) groups excluding carboxylic acids is 2. The molecule has 1 atom stereocenters. The van der Waals surface area contributed by atoms with Crippen molar-refractivity contribution in [1.29, 1.82) is 0 Å². The minimum Gasteiger partial charge on any atom is -0.326 e. The number of amides is 2. The molecule has 0 bridgehead atoms. The van der Waals surface area contributed by atoms with Crippen LogP contribution >= 0.6 is 0 Å². The van der Waals surface area contributed by atoms with E-state index in [1.54, 1.807) is 12.1 Å². The van der Waals surface area contributed by atoms with Gasteiger partial charge in [0.15, 0.2) is 0 Å². The van der Waals surface area contributed by atoms with E-state index in [2.05, 4.69) is 10.6 Å². The fourth-order valence-electron chi connectivity index (χ4n) is 4.13. The maximum atomic E-state index is 14.3. The summed E-state index contributed by atoms with van der Waals surface area (Å²) in [4.78, 5) is 25.7. The second-order valence-corrected chi connectivity index (χ2v) is 7.17. The molecular formula is C18H22FN3O2. The number of carbonyl (C=O) groups is 2. The standard InChI is InChI=1S/C18H22FN3O2/c19-14-10-12(3-4-15(14)22-9-1-2-16(22)23)21-17(24)13-11-18(13)5-7-20-8-6-18/h3-4,10,13,20H,1-2,5-9,11H2,(H,21,24). The van der Waals surface area contributed by atoms with Crippen molar-refractivity contribution < 1.29 is 14.0 Å². The molecule has 1 aromatic rings. The van der Waals surface area contributed by atoms with Crippen LogP contribution in [0.5, 0.6) is 0 Å². The van der Waals surface area contributed by atoms with Crippen LogP contribution in [0, 0.1) is 17.2 Å². The Morgan fingerprint density at radius 3 is 2.79 bits per heavy atom. The highest BCUT2D eigenvalue weighted by Gasteiger charge is 2.57. The van der Waals surface area contributed by atoms with Crippen LogP contribution in [0.4, 0.5) is 15.8 Å². The van der Waals surface area contributed by atoms with E-state index in [0.717, 1.165) is 38.8 Å². The Morgan fingerprint density at radius 1 is 1.33 bits per heavy atom. The highest BCUT2D eigenvalue weighted by Crippen LogP contribution is 2.58. The zero-order chi connectivity index (χ0) is 16.7. The van der Waals surface area contributed by atoms with Gasteiger partial charge in [-0.15, -0.1) is 0 Å². The quantitative estimate of drug-likeness (QED) is 0.893. The highest BCUT2D eigenvalue weighted by molar-refractivity contribution is 5.97. The molecule has 6 heteroatoms. The van der Waals surface area contributed by atoms with Gasteiger partial charge in [0.1, 0.15) is 5.82 Å². The van der Waals surface area contributed by atoms with Crippen molar-refractivity contribution in [3.8, 4) is 0 Å². The Morgan fingerprint density at radius 2 is 2.12 bits per heavy atom. The van der Waals surface area contributed by atoms with E-state index in [1.807, 2.05) is 0 Å². The summed E-state index contributed by atoms with van der Waals surface area (Å²) >= 11 is 0. The van der Waals surface area contributed by atoms with Gasteiger partial charge in [-0.2, -0.15) is 0 Å². The van der Waals surface area contributed by atoms with Crippen LogP contribution in [-0.4, -0.2) is 31.4 Å². The van der Waals surface area contributed by atoms with E-state index in [-0.39, 0.29) is 23.1 Å². The SMILES string of the molecule is O=C(Nc1ccc(N2CCCC2=O)c(F)c1)C1CC12CCNCC2. The summed E-state index contributed by atoms with van der Waals surface area (Å²) in [6.45, 7) is 2.49. The van der Waals surface area contributed by atoms with E-state index in [9.17, 15) is 14.0 Å². The molecule has 1 saturated carbocycles. The number of nitrogens with zero attached hydrogens (tertiary/aromatic N) is 1. The zero-order valence-electron chi connectivity index (χ0n) is 13.6. The van der Waals surface area contributed by atoms with Gasteiger partial charge in [0.2, 0.25) is 11.8 Å². The molecule has 2 aliphatic heterocycles.